The number of rotatable bonds is 8. The molecule has 29 heavy (non-hydrogen) atoms. The second kappa shape index (κ2) is 11.5. The average molecular weight is 473 g/mol. The van der Waals surface area contributed by atoms with Gasteiger partial charge in [-0.2, -0.15) is 0 Å². The van der Waals surface area contributed by atoms with Gasteiger partial charge in [0.1, 0.15) is 6.61 Å². The molecule has 0 aromatic heterocycles. The van der Waals surface area contributed by atoms with E-state index in [1.165, 1.54) is 5.56 Å². The lowest BCUT2D eigenvalue weighted by atomic mass is 10.1. The average Bonchev–Trinajstić information content (AvgIpc) is 2.69. The van der Waals surface area contributed by atoms with Crippen molar-refractivity contribution in [3.05, 3.63) is 92.4 Å². The third kappa shape index (κ3) is 6.70. The Bertz CT molecular complexity index is 936. The lowest BCUT2D eigenvalue weighted by Crippen LogP contribution is -2.12. The van der Waals surface area contributed by atoms with E-state index in [1.54, 1.807) is 19.2 Å². The van der Waals surface area contributed by atoms with Gasteiger partial charge in [-0.1, -0.05) is 71.2 Å². The minimum Gasteiger partial charge on any atom is -0.493 e. The number of hydrogen-bond donors (Lipinski definition) is 1. The van der Waals surface area contributed by atoms with Crippen LogP contribution >= 0.6 is 47.2 Å². The number of hydrogen-bond acceptors (Lipinski definition) is 3. The zero-order valence-corrected chi connectivity index (χ0v) is 18.8. The largest absolute Gasteiger partial charge is 0.493 e. The molecule has 154 valence electrons. The molecule has 0 aliphatic heterocycles. The summed E-state index contributed by atoms with van der Waals surface area (Å²) in [6, 6.07) is 19.3. The Labute approximate surface area is 192 Å². The maximum Gasteiger partial charge on any atom is 0.180 e. The van der Waals surface area contributed by atoms with Crippen LogP contribution in [0.25, 0.3) is 0 Å². The van der Waals surface area contributed by atoms with Crippen molar-refractivity contribution in [3.63, 3.8) is 0 Å². The number of benzene rings is 3. The molecule has 0 amide bonds. The monoisotopic (exact) mass is 471 g/mol. The molecule has 0 saturated heterocycles. The zero-order chi connectivity index (χ0) is 19.9. The van der Waals surface area contributed by atoms with E-state index in [4.69, 9.17) is 44.3 Å². The van der Waals surface area contributed by atoms with Gasteiger partial charge in [0, 0.05) is 28.7 Å². The number of ether oxygens (including phenoxy) is 2. The van der Waals surface area contributed by atoms with Gasteiger partial charge in [-0.05, 0) is 35.4 Å². The van der Waals surface area contributed by atoms with Gasteiger partial charge < -0.3 is 14.8 Å². The van der Waals surface area contributed by atoms with Crippen LogP contribution in [0, 0.1) is 0 Å². The van der Waals surface area contributed by atoms with E-state index in [1.807, 2.05) is 36.4 Å². The summed E-state index contributed by atoms with van der Waals surface area (Å²) in [4.78, 5) is 0. The first kappa shape index (κ1) is 23.7. The summed E-state index contributed by atoms with van der Waals surface area (Å²) in [6.45, 7) is 1.69. The molecule has 0 fully saturated rings. The van der Waals surface area contributed by atoms with E-state index >= 15 is 0 Å². The summed E-state index contributed by atoms with van der Waals surface area (Å²) in [5.74, 6) is 1.07. The highest BCUT2D eigenvalue weighted by Gasteiger charge is 2.13. The van der Waals surface area contributed by atoms with Crippen LogP contribution in [0.15, 0.2) is 60.7 Å². The molecule has 3 aromatic carbocycles. The van der Waals surface area contributed by atoms with Crippen LogP contribution in [0.2, 0.25) is 15.1 Å². The smallest absolute Gasteiger partial charge is 0.180 e. The Morgan fingerprint density at radius 3 is 2.24 bits per heavy atom. The van der Waals surface area contributed by atoms with Crippen LogP contribution in [0.5, 0.6) is 11.5 Å². The predicted octanol–water partition coefficient (Wildman–Crippen LogP) is 6.95. The molecular formula is C22H21Cl4NO2. The van der Waals surface area contributed by atoms with Gasteiger partial charge >= 0.3 is 0 Å². The Morgan fingerprint density at radius 2 is 1.55 bits per heavy atom. The van der Waals surface area contributed by atoms with Crippen molar-refractivity contribution in [1.29, 1.82) is 0 Å². The summed E-state index contributed by atoms with van der Waals surface area (Å²) >= 11 is 18.6. The predicted molar refractivity (Wildman–Crippen MR) is 123 cm³/mol. The maximum absolute atomic E-state index is 6.45. The number of halogens is 4. The second-order valence-corrected chi connectivity index (χ2v) is 7.47. The summed E-state index contributed by atoms with van der Waals surface area (Å²) < 4.78 is 11.4. The van der Waals surface area contributed by atoms with Crippen molar-refractivity contribution in [3.8, 4) is 11.5 Å². The van der Waals surface area contributed by atoms with Crippen LogP contribution in [0.3, 0.4) is 0 Å². The van der Waals surface area contributed by atoms with E-state index in [2.05, 4.69) is 17.4 Å². The summed E-state index contributed by atoms with van der Waals surface area (Å²) in [6.07, 6.45) is 0. The fourth-order valence-corrected chi connectivity index (χ4v) is 3.50. The van der Waals surface area contributed by atoms with Crippen molar-refractivity contribution in [2.45, 2.75) is 19.7 Å². The Kier molecular flexibility index (Phi) is 9.41. The minimum atomic E-state index is 0. The van der Waals surface area contributed by atoms with Crippen molar-refractivity contribution in [1.82, 2.24) is 5.32 Å². The van der Waals surface area contributed by atoms with Gasteiger partial charge in [0.25, 0.3) is 0 Å². The molecule has 0 aliphatic rings. The summed E-state index contributed by atoms with van der Waals surface area (Å²) in [5, 5.41) is 5.01. The molecular weight excluding hydrogens is 452 g/mol. The first-order valence-electron chi connectivity index (χ1n) is 8.74. The molecule has 3 rings (SSSR count). The molecule has 3 nitrogen and oxygen atoms in total. The second-order valence-electron chi connectivity index (χ2n) is 6.22. The normalized spacial score (nSPS) is 10.3. The Morgan fingerprint density at radius 1 is 0.828 bits per heavy atom. The Balaban J connectivity index is 0.00000300. The van der Waals surface area contributed by atoms with Gasteiger partial charge in [-0.15, -0.1) is 12.4 Å². The highest BCUT2D eigenvalue weighted by Crippen LogP contribution is 2.37. The number of nitrogens with one attached hydrogen (secondary N) is 1. The van der Waals surface area contributed by atoms with Gasteiger partial charge in [0.05, 0.1) is 12.1 Å². The van der Waals surface area contributed by atoms with Gasteiger partial charge in [0.2, 0.25) is 0 Å². The van der Waals surface area contributed by atoms with Crippen molar-refractivity contribution in [2.75, 3.05) is 7.11 Å². The van der Waals surface area contributed by atoms with Gasteiger partial charge in [-0.25, -0.2) is 0 Å². The Hall–Kier alpha value is -1.62. The van der Waals surface area contributed by atoms with E-state index in [0.29, 0.717) is 33.1 Å². The molecule has 1 N–H and O–H groups in total. The zero-order valence-electron chi connectivity index (χ0n) is 15.8. The molecule has 7 heteroatoms. The molecule has 0 radical (unpaired) electrons. The van der Waals surface area contributed by atoms with Crippen molar-refractivity contribution in [2.24, 2.45) is 0 Å². The molecule has 0 aliphatic carbocycles. The number of methoxy groups -OCH3 is 1. The molecule has 3 aromatic rings. The van der Waals surface area contributed by atoms with Crippen LogP contribution in [0.4, 0.5) is 0 Å². The van der Waals surface area contributed by atoms with Crippen LogP contribution in [0.1, 0.15) is 16.7 Å². The van der Waals surface area contributed by atoms with Crippen LogP contribution < -0.4 is 14.8 Å². The highest BCUT2D eigenvalue weighted by molar-refractivity contribution is 6.35. The SMILES string of the molecule is COc1cc(CNCc2ccccc2)cc(Cl)c1OCc1ccc(Cl)cc1Cl.Cl. The fraction of sp³-hybridized carbons (Fsp3) is 0.182. The van der Waals surface area contributed by atoms with E-state index in [0.717, 1.165) is 17.7 Å². The van der Waals surface area contributed by atoms with Crippen LogP contribution in [-0.4, -0.2) is 7.11 Å². The third-order valence-corrected chi connectivity index (χ3v) is 5.05. The highest BCUT2D eigenvalue weighted by atomic mass is 35.5. The maximum atomic E-state index is 6.45. The molecule has 0 bridgehead atoms. The molecule has 0 saturated carbocycles. The molecule has 0 spiro atoms. The van der Waals surface area contributed by atoms with E-state index < -0.39 is 0 Å². The first-order chi connectivity index (χ1) is 13.6. The van der Waals surface area contributed by atoms with E-state index in [9.17, 15) is 0 Å². The summed E-state index contributed by atoms with van der Waals surface area (Å²) in [5.41, 5.74) is 3.05. The third-order valence-electron chi connectivity index (χ3n) is 4.18. The quantitative estimate of drug-likeness (QED) is 0.384. The minimum absolute atomic E-state index is 0. The van der Waals surface area contributed by atoms with E-state index in [-0.39, 0.29) is 19.0 Å². The van der Waals surface area contributed by atoms with Crippen LogP contribution in [-0.2, 0) is 19.7 Å². The fourth-order valence-electron chi connectivity index (χ4n) is 2.75. The summed E-state index contributed by atoms with van der Waals surface area (Å²) in [7, 11) is 1.59. The van der Waals surface area contributed by atoms with Crippen molar-refractivity contribution < 1.29 is 9.47 Å². The van der Waals surface area contributed by atoms with Gasteiger partial charge in [0.15, 0.2) is 11.5 Å². The standard InChI is InChI=1S/C22H20Cl3NO2.ClH/c1-27-21-10-16(13-26-12-15-5-3-2-4-6-15)9-20(25)22(21)28-14-17-7-8-18(23)11-19(17)24;/h2-11,26H,12-14H2,1H3;1H. The molecule has 0 heterocycles. The van der Waals surface area contributed by atoms with Crippen molar-refractivity contribution >= 4 is 47.2 Å². The molecule has 0 atom stereocenters. The topological polar surface area (TPSA) is 30.5 Å². The molecule has 0 unspecified atom stereocenters. The lowest BCUT2D eigenvalue weighted by Gasteiger charge is -2.15. The lowest BCUT2D eigenvalue weighted by molar-refractivity contribution is 0.284. The first-order valence-corrected chi connectivity index (χ1v) is 9.88. The van der Waals surface area contributed by atoms with Gasteiger partial charge in [-0.3, -0.25) is 0 Å².